The van der Waals surface area contributed by atoms with Crippen LogP contribution in [0.5, 0.6) is 0 Å². The molecule has 0 atom stereocenters. The highest BCUT2D eigenvalue weighted by Gasteiger charge is 2.25. The normalized spacial score (nSPS) is 11.9. The minimum atomic E-state index is 0.0762. The molecule has 18 aromatic carbocycles. The molecule has 0 N–H and O–H groups in total. The smallest absolute Gasteiger partial charge is 0.258 e. The van der Waals surface area contributed by atoms with E-state index >= 15 is 0 Å². The zero-order valence-electron chi connectivity index (χ0n) is 73.5. The SMILES string of the molecule is CC(C)(C)c1ccc2c(c1)c1ccccc1n2-c1ccc2c(c1)c1ccccc1n2-c1ccc(-c2nc(-c3ccccc3)no2)cc1.Cc1ccc2c(c1)c1ccccc1n2-c1ccc2c(c1)c1ccccc1n2-c1ccc(-c2nc(-c3ccccc3)no2)cc1.c1ccc(-c2noc(-c3ccc(-n4c5ccccc5c5cc(-n6c7ccccc7c7ccccc76)ccc54)cc3)n2)cc1. The summed E-state index contributed by atoms with van der Waals surface area (Å²) in [5, 5.41) is 27.5. The molecular weight excluding hydrogens is 1650 g/mol. The molecule has 15 heteroatoms. The predicted octanol–water partition coefficient (Wildman–Crippen LogP) is 30.4. The summed E-state index contributed by atoms with van der Waals surface area (Å²) in [5.41, 5.74) is 29.0. The molecule has 0 bridgehead atoms. The van der Waals surface area contributed by atoms with Gasteiger partial charge in [-0.2, -0.15) is 15.0 Å². The van der Waals surface area contributed by atoms with Gasteiger partial charge in [0.25, 0.3) is 17.7 Å². The van der Waals surface area contributed by atoms with Gasteiger partial charge < -0.3 is 41.0 Å². The zero-order chi connectivity index (χ0) is 89.2. The van der Waals surface area contributed by atoms with Crippen molar-refractivity contribution in [2.24, 2.45) is 0 Å². The first-order valence-electron chi connectivity index (χ1n) is 45.1. The molecular formula is C119H82N12O3. The summed E-state index contributed by atoms with van der Waals surface area (Å²) >= 11 is 0. The van der Waals surface area contributed by atoms with Crippen molar-refractivity contribution in [3.8, 4) is 103 Å². The molecule has 27 rings (SSSR count). The third-order valence-corrected chi connectivity index (χ3v) is 26.2. The Bertz CT molecular complexity index is 9190. The van der Waals surface area contributed by atoms with E-state index in [1.165, 1.54) is 109 Å². The Hall–Kier alpha value is -17.8. The molecule has 0 aliphatic rings. The monoisotopic (exact) mass is 1730 g/mol. The van der Waals surface area contributed by atoms with Crippen molar-refractivity contribution in [1.82, 2.24) is 57.8 Å². The summed E-state index contributed by atoms with van der Waals surface area (Å²) in [6.07, 6.45) is 0. The molecule has 0 spiro atoms. The Balaban J connectivity index is 0.000000108. The number of rotatable bonds is 12. The summed E-state index contributed by atoms with van der Waals surface area (Å²) in [4.78, 5) is 13.9. The molecule has 0 aliphatic carbocycles. The van der Waals surface area contributed by atoms with Crippen molar-refractivity contribution < 1.29 is 13.6 Å². The van der Waals surface area contributed by atoms with Crippen LogP contribution in [0.25, 0.3) is 233 Å². The van der Waals surface area contributed by atoms with E-state index in [1.807, 2.05) is 115 Å². The van der Waals surface area contributed by atoms with Crippen molar-refractivity contribution in [3.63, 3.8) is 0 Å². The van der Waals surface area contributed by atoms with Crippen molar-refractivity contribution in [1.29, 1.82) is 0 Å². The average Bonchev–Trinajstić information content (AvgIpc) is 1.58. The Morgan fingerprint density at radius 1 is 0.187 bits per heavy atom. The summed E-state index contributed by atoms with van der Waals surface area (Å²) in [7, 11) is 0. The standard InChI is InChI=1S/C42H32N4O.C39H26N4O.C38H24N4O/c1-42(2,3)29-19-23-38-34(25-29)32-13-7-10-16-37(32)46(38)31-22-24-39-35(26-31)33-14-8-9-15-36(33)45(39)30-20-17-28(18-21-30)41-43-40(44-47-41)27-11-5-4-6-12-27;1-25-15-21-36-32(23-25)30-11-5-8-14-35(30)43(36)29-20-22-37-33(24-29)31-12-6-7-13-34(31)42(37)28-18-16-27(17-19-28)39-40-38(41-44-39)26-9-3-2-4-10-26;1-2-10-25(11-3-1)37-39-38(43-40-37)26-18-20-27(21-19-26)41-35-17-9-6-14-31(35)32-24-28(22-23-36(32)41)42-33-15-7-4-12-29(33)30-13-5-8-16-34(30)42/h4-26H,1-3H3;2-24H,1H3;1-24H. The van der Waals surface area contributed by atoms with E-state index in [0.29, 0.717) is 35.1 Å². The van der Waals surface area contributed by atoms with Gasteiger partial charge >= 0.3 is 0 Å². The van der Waals surface area contributed by atoms with E-state index in [0.717, 1.165) is 101 Å². The van der Waals surface area contributed by atoms with E-state index in [2.05, 4.69) is 395 Å². The van der Waals surface area contributed by atoms with E-state index < -0.39 is 0 Å². The summed E-state index contributed by atoms with van der Waals surface area (Å²) < 4.78 is 31.0. The van der Waals surface area contributed by atoms with Crippen molar-refractivity contribution in [2.75, 3.05) is 0 Å². The Kier molecular flexibility index (Phi) is 18.6. The number of nitrogens with zero attached hydrogens (tertiary/aromatic N) is 12. The number of hydrogen-bond acceptors (Lipinski definition) is 9. The topological polar surface area (TPSA) is 146 Å². The number of aromatic nitrogens is 12. The van der Waals surface area contributed by atoms with Gasteiger partial charge in [0, 0.05) is 132 Å². The molecule has 9 aromatic heterocycles. The molecule has 9 heterocycles. The Labute approximate surface area is 768 Å². The molecule has 0 unspecified atom stereocenters. The summed E-state index contributed by atoms with van der Waals surface area (Å²) in [5.74, 6) is 3.26. The molecule has 636 valence electrons. The molecule has 0 aliphatic heterocycles. The van der Waals surface area contributed by atoms with Gasteiger partial charge in [-0.15, -0.1) is 0 Å². The minimum absolute atomic E-state index is 0.0762. The van der Waals surface area contributed by atoms with Gasteiger partial charge in [-0.1, -0.05) is 272 Å². The van der Waals surface area contributed by atoms with Crippen molar-refractivity contribution in [2.45, 2.75) is 33.1 Å². The zero-order valence-corrected chi connectivity index (χ0v) is 73.5. The number of fused-ring (bicyclic) bond motifs is 18. The van der Waals surface area contributed by atoms with Crippen LogP contribution in [0.15, 0.2) is 438 Å². The quantitative estimate of drug-likeness (QED) is 0.117. The highest BCUT2D eigenvalue weighted by molar-refractivity contribution is 6.16. The first kappa shape index (κ1) is 78.4. The maximum absolute atomic E-state index is 5.64. The van der Waals surface area contributed by atoms with Crippen LogP contribution in [0.2, 0.25) is 0 Å². The fourth-order valence-electron chi connectivity index (χ4n) is 19.8. The van der Waals surface area contributed by atoms with Crippen LogP contribution in [0.4, 0.5) is 0 Å². The lowest BCUT2D eigenvalue weighted by Gasteiger charge is -2.19. The highest BCUT2D eigenvalue weighted by Crippen LogP contribution is 2.44. The summed E-state index contributed by atoms with van der Waals surface area (Å²) in [6.45, 7) is 8.98. The molecule has 134 heavy (non-hydrogen) atoms. The maximum Gasteiger partial charge on any atom is 0.258 e. The van der Waals surface area contributed by atoms with Crippen LogP contribution < -0.4 is 0 Å². The first-order valence-corrected chi connectivity index (χ1v) is 45.1. The van der Waals surface area contributed by atoms with E-state index in [9.17, 15) is 0 Å². The fourth-order valence-corrected chi connectivity index (χ4v) is 19.8. The lowest BCUT2D eigenvalue weighted by atomic mass is 9.86. The van der Waals surface area contributed by atoms with Gasteiger partial charge in [0.15, 0.2) is 0 Å². The van der Waals surface area contributed by atoms with Gasteiger partial charge in [0.05, 0.1) is 66.2 Å². The van der Waals surface area contributed by atoms with Crippen molar-refractivity contribution >= 4 is 131 Å². The van der Waals surface area contributed by atoms with Gasteiger partial charge in [-0.05, 0) is 212 Å². The van der Waals surface area contributed by atoms with Gasteiger partial charge in [0.2, 0.25) is 17.5 Å². The largest absolute Gasteiger partial charge is 0.334 e. The lowest BCUT2D eigenvalue weighted by molar-refractivity contribution is 0.432. The molecule has 0 amide bonds. The Morgan fingerprint density at radius 2 is 0.403 bits per heavy atom. The van der Waals surface area contributed by atoms with Crippen LogP contribution in [-0.2, 0) is 5.41 Å². The van der Waals surface area contributed by atoms with E-state index in [1.54, 1.807) is 0 Å². The Morgan fingerprint density at radius 3 is 0.687 bits per heavy atom. The predicted molar refractivity (Wildman–Crippen MR) is 545 cm³/mol. The fraction of sp³-hybridized carbons (Fsp3) is 0.0420. The third kappa shape index (κ3) is 13.3. The molecule has 0 saturated carbocycles. The van der Waals surface area contributed by atoms with Crippen LogP contribution in [0.3, 0.4) is 0 Å². The lowest BCUT2D eigenvalue weighted by Crippen LogP contribution is -2.10. The van der Waals surface area contributed by atoms with Gasteiger partial charge in [-0.25, -0.2) is 0 Å². The van der Waals surface area contributed by atoms with Crippen LogP contribution >= 0.6 is 0 Å². The van der Waals surface area contributed by atoms with Gasteiger partial charge in [0.1, 0.15) is 0 Å². The number of hydrogen-bond donors (Lipinski definition) is 0. The second kappa shape index (κ2) is 31.8. The number of para-hydroxylation sites is 7. The van der Waals surface area contributed by atoms with Crippen LogP contribution in [0, 0.1) is 6.92 Å². The first-order chi connectivity index (χ1) is 66.0. The average molecular weight is 1730 g/mol. The summed E-state index contributed by atoms with van der Waals surface area (Å²) in [6, 6.07) is 149. The number of benzene rings is 18. The van der Waals surface area contributed by atoms with E-state index in [-0.39, 0.29) is 5.41 Å². The molecule has 27 aromatic rings. The third-order valence-electron chi connectivity index (χ3n) is 26.2. The second-order valence-corrected chi connectivity index (χ2v) is 35.2. The second-order valence-electron chi connectivity index (χ2n) is 35.2. The van der Waals surface area contributed by atoms with Gasteiger partial charge in [-0.3, -0.25) is 0 Å². The van der Waals surface area contributed by atoms with E-state index in [4.69, 9.17) is 13.6 Å². The minimum Gasteiger partial charge on any atom is -0.334 e. The molecule has 0 fully saturated rings. The van der Waals surface area contributed by atoms with Crippen LogP contribution in [0.1, 0.15) is 31.9 Å². The molecule has 0 radical (unpaired) electrons. The van der Waals surface area contributed by atoms with Crippen LogP contribution in [-0.4, -0.2) is 57.8 Å². The molecule has 0 saturated heterocycles. The highest BCUT2D eigenvalue weighted by atomic mass is 16.5. The van der Waals surface area contributed by atoms with Crippen molar-refractivity contribution in [3.05, 3.63) is 436 Å². The maximum atomic E-state index is 5.64. The number of aryl methyl sites for hydroxylation is 1. The molecule has 15 nitrogen and oxygen atoms in total.